The molecule has 0 aliphatic heterocycles. The van der Waals surface area contributed by atoms with E-state index in [1.807, 2.05) is 23.8 Å². The second-order valence-electron chi connectivity index (χ2n) is 4.73. The number of rotatable bonds is 4. The first-order valence-corrected chi connectivity index (χ1v) is 8.57. The Balaban J connectivity index is 1.80. The Kier molecular flexibility index (Phi) is 4.50. The smallest absolute Gasteiger partial charge is 0.265 e. The van der Waals surface area contributed by atoms with Gasteiger partial charge in [0.2, 0.25) is 0 Å². The maximum Gasteiger partial charge on any atom is 0.265 e. The van der Waals surface area contributed by atoms with Gasteiger partial charge in [-0.3, -0.25) is 14.9 Å². The molecule has 116 valence electrons. The summed E-state index contributed by atoms with van der Waals surface area (Å²) in [5, 5.41) is 9.75. The van der Waals surface area contributed by atoms with Crippen LogP contribution in [-0.4, -0.2) is 16.8 Å². The molecular formula is C16H13N3O2S2. The Labute approximate surface area is 141 Å². The van der Waals surface area contributed by atoms with Crippen LogP contribution >= 0.6 is 22.7 Å². The van der Waals surface area contributed by atoms with Gasteiger partial charge in [-0.15, -0.1) is 22.7 Å². The molecule has 2 heterocycles. The lowest BCUT2D eigenvalue weighted by molar-refractivity contribution is 0.102. The van der Waals surface area contributed by atoms with Crippen molar-refractivity contribution in [3.05, 3.63) is 63.3 Å². The lowest BCUT2D eigenvalue weighted by Crippen LogP contribution is -2.17. The molecular weight excluding hydrogens is 330 g/mol. The first kappa shape index (κ1) is 15.4. The Bertz CT molecular complexity index is 841. The van der Waals surface area contributed by atoms with Crippen LogP contribution in [-0.2, 0) is 0 Å². The highest BCUT2D eigenvalue weighted by Gasteiger charge is 2.15. The van der Waals surface area contributed by atoms with Gasteiger partial charge in [0.25, 0.3) is 11.8 Å². The number of thiophene rings is 1. The summed E-state index contributed by atoms with van der Waals surface area (Å²) in [6.07, 6.45) is 0. The van der Waals surface area contributed by atoms with E-state index in [0.29, 0.717) is 21.3 Å². The summed E-state index contributed by atoms with van der Waals surface area (Å²) >= 11 is 2.71. The van der Waals surface area contributed by atoms with E-state index in [0.717, 1.165) is 5.69 Å². The zero-order valence-electron chi connectivity index (χ0n) is 12.2. The number of thiazole rings is 1. The molecule has 0 aliphatic carbocycles. The number of aryl methyl sites for hydroxylation is 1. The highest BCUT2D eigenvalue weighted by molar-refractivity contribution is 7.14. The Hall–Kier alpha value is -2.51. The van der Waals surface area contributed by atoms with Gasteiger partial charge in [0, 0.05) is 5.38 Å². The first-order valence-electron chi connectivity index (χ1n) is 6.81. The van der Waals surface area contributed by atoms with Gasteiger partial charge in [0.15, 0.2) is 5.13 Å². The van der Waals surface area contributed by atoms with Crippen LogP contribution in [0, 0.1) is 6.92 Å². The monoisotopic (exact) mass is 343 g/mol. The Morgan fingerprint density at radius 1 is 1.00 bits per heavy atom. The first-order chi connectivity index (χ1) is 11.1. The van der Waals surface area contributed by atoms with Crippen molar-refractivity contribution in [1.82, 2.24) is 4.98 Å². The molecule has 3 rings (SSSR count). The van der Waals surface area contributed by atoms with E-state index in [-0.39, 0.29) is 11.8 Å². The highest BCUT2D eigenvalue weighted by Crippen LogP contribution is 2.21. The number of anilines is 2. The standard InChI is InChI=1S/C16H13N3O2S2/c1-10-9-23-16(17-10)19-14(20)11-5-2-3-6-12(11)18-15(21)13-7-4-8-22-13/h2-9H,1H3,(H,18,21)(H,17,19,20). The van der Waals surface area contributed by atoms with Crippen molar-refractivity contribution < 1.29 is 9.59 Å². The van der Waals surface area contributed by atoms with E-state index in [1.165, 1.54) is 22.7 Å². The number of benzene rings is 1. The third-order valence-corrected chi connectivity index (χ3v) is 4.75. The molecule has 1 aromatic carbocycles. The van der Waals surface area contributed by atoms with E-state index in [9.17, 15) is 9.59 Å². The summed E-state index contributed by atoms with van der Waals surface area (Å²) in [6.45, 7) is 1.86. The molecule has 0 bridgehead atoms. The Morgan fingerprint density at radius 3 is 2.52 bits per heavy atom. The molecule has 5 nitrogen and oxygen atoms in total. The zero-order valence-corrected chi connectivity index (χ0v) is 13.8. The third-order valence-electron chi connectivity index (χ3n) is 3.00. The minimum Gasteiger partial charge on any atom is -0.321 e. The number of para-hydroxylation sites is 1. The second-order valence-corrected chi connectivity index (χ2v) is 6.53. The SMILES string of the molecule is Cc1csc(NC(=O)c2ccccc2NC(=O)c2cccs2)n1. The average molecular weight is 343 g/mol. The molecule has 2 N–H and O–H groups in total. The number of amides is 2. The lowest BCUT2D eigenvalue weighted by atomic mass is 10.1. The van der Waals surface area contributed by atoms with E-state index >= 15 is 0 Å². The van der Waals surface area contributed by atoms with Gasteiger partial charge in [-0.25, -0.2) is 4.98 Å². The topological polar surface area (TPSA) is 71.1 Å². The van der Waals surface area contributed by atoms with Crippen molar-refractivity contribution in [1.29, 1.82) is 0 Å². The molecule has 2 aromatic heterocycles. The summed E-state index contributed by atoms with van der Waals surface area (Å²) in [7, 11) is 0. The van der Waals surface area contributed by atoms with Crippen LogP contribution in [0.1, 0.15) is 25.7 Å². The highest BCUT2D eigenvalue weighted by atomic mass is 32.1. The van der Waals surface area contributed by atoms with Gasteiger partial charge in [-0.2, -0.15) is 0 Å². The molecule has 0 fully saturated rings. The largest absolute Gasteiger partial charge is 0.321 e. The average Bonchev–Trinajstić information content (AvgIpc) is 3.19. The predicted octanol–water partition coefficient (Wildman–Crippen LogP) is 4.02. The summed E-state index contributed by atoms with van der Waals surface area (Å²) < 4.78 is 0. The summed E-state index contributed by atoms with van der Waals surface area (Å²) in [6, 6.07) is 10.4. The van der Waals surface area contributed by atoms with Crippen molar-refractivity contribution in [2.45, 2.75) is 6.92 Å². The molecule has 0 atom stereocenters. The van der Waals surface area contributed by atoms with E-state index in [1.54, 1.807) is 30.3 Å². The number of nitrogens with one attached hydrogen (secondary N) is 2. The molecule has 0 unspecified atom stereocenters. The molecule has 23 heavy (non-hydrogen) atoms. The molecule has 0 radical (unpaired) electrons. The minimum absolute atomic E-state index is 0.231. The van der Waals surface area contributed by atoms with Crippen molar-refractivity contribution in [2.24, 2.45) is 0 Å². The molecule has 0 aliphatic rings. The van der Waals surface area contributed by atoms with Gasteiger partial charge >= 0.3 is 0 Å². The zero-order chi connectivity index (χ0) is 16.2. The number of hydrogen-bond donors (Lipinski definition) is 2. The molecule has 7 heteroatoms. The third kappa shape index (κ3) is 3.64. The Morgan fingerprint density at radius 2 is 1.83 bits per heavy atom. The van der Waals surface area contributed by atoms with Crippen molar-refractivity contribution in [2.75, 3.05) is 10.6 Å². The lowest BCUT2D eigenvalue weighted by Gasteiger charge is -2.09. The van der Waals surface area contributed by atoms with Crippen molar-refractivity contribution in [3.8, 4) is 0 Å². The molecule has 0 spiro atoms. The van der Waals surface area contributed by atoms with Gasteiger partial charge in [-0.05, 0) is 30.5 Å². The van der Waals surface area contributed by atoms with Gasteiger partial charge in [0.05, 0.1) is 21.8 Å². The van der Waals surface area contributed by atoms with Crippen molar-refractivity contribution in [3.63, 3.8) is 0 Å². The molecule has 0 saturated heterocycles. The molecule has 0 saturated carbocycles. The fourth-order valence-electron chi connectivity index (χ4n) is 1.96. The van der Waals surface area contributed by atoms with E-state index in [4.69, 9.17) is 0 Å². The number of aromatic nitrogens is 1. The minimum atomic E-state index is -0.304. The van der Waals surface area contributed by atoms with Crippen LogP contribution in [0.3, 0.4) is 0 Å². The summed E-state index contributed by atoms with van der Waals surface area (Å²) in [4.78, 5) is 29.4. The predicted molar refractivity (Wildman–Crippen MR) is 93.5 cm³/mol. The maximum atomic E-state index is 12.4. The molecule has 3 aromatic rings. The normalized spacial score (nSPS) is 10.3. The van der Waals surface area contributed by atoms with E-state index in [2.05, 4.69) is 15.6 Å². The van der Waals surface area contributed by atoms with E-state index < -0.39 is 0 Å². The van der Waals surface area contributed by atoms with Crippen LogP contribution in [0.4, 0.5) is 10.8 Å². The molecule has 2 amide bonds. The van der Waals surface area contributed by atoms with Gasteiger partial charge in [-0.1, -0.05) is 18.2 Å². The van der Waals surface area contributed by atoms with Crippen molar-refractivity contribution >= 4 is 45.3 Å². The fourth-order valence-corrected chi connectivity index (χ4v) is 3.26. The maximum absolute atomic E-state index is 12.4. The van der Waals surface area contributed by atoms with Crippen LogP contribution in [0.15, 0.2) is 47.2 Å². The fraction of sp³-hybridized carbons (Fsp3) is 0.0625. The summed E-state index contributed by atoms with van der Waals surface area (Å²) in [5.41, 5.74) is 1.71. The summed E-state index contributed by atoms with van der Waals surface area (Å²) in [5.74, 6) is -0.535. The number of carbonyl (C=O) groups is 2. The van der Waals surface area contributed by atoms with Gasteiger partial charge in [0.1, 0.15) is 0 Å². The number of carbonyl (C=O) groups excluding carboxylic acids is 2. The second kappa shape index (κ2) is 6.72. The van der Waals surface area contributed by atoms with Gasteiger partial charge < -0.3 is 5.32 Å². The van der Waals surface area contributed by atoms with Crippen LogP contribution in [0.25, 0.3) is 0 Å². The van der Waals surface area contributed by atoms with Crippen LogP contribution < -0.4 is 10.6 Å². The quantitative estimate of drug-likeness (QED) is 0.751. The van der Waals surface area contributed by atoms with Crippen LogP contribution in [0.2, 0.25) is 0 Å². The number of hydrogen-bond acceptors (Lipinski definition) is 5. The number of nitrogens with zero attached hydrogens (tertiary/aromatic N) is 1. The van der Waals surface area contributed by atoms with Crippen LogP contribution in [0.5, 0.6) is 0 Å².